The van der Waals surface area contributed by atoms with Crippen molar-refractivity contribution in [3.05, 3.63) is 170 Å². The zero-order valence-corrected chi connectivity index (χ0v) is 49.0. The molecule has 2 atom stereocenters. The predicted octanol–water partition coefficient (Wildman–Crippen LogP) is 19.1. The van der Waals surface area contributed by atoms with Crippen LogP contribution in [0, 0.1) is 0 Å². The number of allylic oxidation sites excluding steroid dienone is 28. The highest BCUT2D eigenvalue weighted by Gasteiger charge is 2.26. The molecule has 10 heteroatoms. The van der Waals surface area contributed by atoms with E-state index in [4.69, 9.17) is 24.3 Å². The van der Waals surface area contributed by atoms with Crippen molar-refractivity contribution in [3.63, 3.8) is 0 Å². The van der Waals surface area contributed by atoms with Gasteiger partial charge in [0, 0.05) is 19.4 Å². The number of rotatable bonds is 53. The van der Waals surface area contributed by atoms with Gasteiger partial charge in [-0.15, -0.1) is 0 Å². The molecule has 0 amide bonds. The second-order valence-corrected chi connectivity index (χ2v) is 20.2. The molecule has 0 fully saturated rings. The summed E-state index contributed by atoms with van der Waals surface area (Å²) in [6.07, 6.45) is 90.0. The molecule has 0 spiro atoms. The fourth-order valence-electron chi connectivity index (χ4n) is 7.30. The van der Waals surface area contributed by atoms with Crippen molar-refractivity contribution >= 4 is 19.8 Å². The molecule has 0 saturated heterocycles. The van der Waals surface area contributed by atoms with Crippen molar-refractivity contribution in [2.45, 2.75) is 213 Å². The van der Waals surface area contributed by atoms with Gasteiger partial charge < -0.3 is 20.1 Å². The van der Waals surface area contributed by atoms with E-state index in [0.29, 0.717) is 12.8 Å². The van der Waals surface area contributed by atoms with Crippen LogP contribution in [0.15, 0.2) is 170 Å². The third-order valence-corrected chi connectivity index (χ3v) is 12.6. The highest BCUT2D eigenvalue weighted by atomic mass is 31.2. The molecular weight excluding hydrogens is 978 g/mol. The monoisotopic (exact) mass is 1080 g/mol. The van der Waals surface area contributed by atoms with Crippen molar-refractivity contribution in [1.82, 2.24) is 0 Å². The molecule has 77 heavy (non-hydrogen) atoms. The Bertz CT molecular complexity index is 1860. The van der Waals surface area contributed by atoms with E-state index in [-0.39, 0.29) is 32.6 Å². The molecule has 0 aromatic heterocycles. The Balaban J connectivity index is 4.00. The molecule has 0 heterocycles. The molecule has 0 saturated carbocycles. The summed E-state index contributed by atoms with van der Waals surface area (Å²) >= 11 is 0. The van der Waals surface area contributed by atoms with Gasteiger partial charge in [-0.05, 0) is 128 Å². The summed E-state index contributed by atoms with van der Waals surface area (Å²) in [6, 6.07) is 0. The molecular formula is C67H106NO8P. The minimum absolute atomic E-state index is 0.0383. The number of unbranched alkanes of at least 4 members (excludes halogenated alkanes) is 12. The van der Waals surface area contributed by atoms with E-state index in [9.17, 15) is 19.0 Å². The molecule has 0 aliphatic carbocycles. The fourth-order valence-corrected chi connectivity index (χ4v) is 8.07. The Labute approximate surface area is 470 Å². The standard InChI is InChI=1S/C67H106NO8P/c1-3-5-7-9-11-13-15-17-19-20-21-22-23-24-25-26-27-28-29-30-31-32-33-34-35-36-37-38-39-40-41-42-43-44-46-48-50-52-54-56-58-60-67(70)76-65(64-75-77(71,72)74-62-61-68)63-73-66(69)59-57-55-53-51-49-47-45-18-16-14-12-10-8-6-4-2/h5-8,11-14,17-19,21-22,24-25,27-28,30-31,33-34,36-37,39-40,45,49,51,65H,3-4,9-10,15-16,20,23,26,29,32,35,38,41-44,46-48,50,52-64,68H2,1-2H3,(H,71,72)/b7-5-,8-6-,13-11-,14-12-,19-17-,22-21-,25-24-,28-27-,31-30-,34-33-,37-36-,40-39-,45-18-,51-49-. The van der Waals surface area contributed by atoms with Crippen LogP contribution < -0.4 is 5.73 Å². The Kier molecular flexibility index (Phi) is 57.0. The first-order valence-electron chi connectivity index (χ1n) is 29.6. The normalized spacial score (nSPS) is 14.3. The van der Waals surface area contributed by atoms with Gasteiger partial charge in [0.1, 0.15) is 6.61 Å². The van der Waals surface area contributed by atoms with Gasteiger partial charge in [-0.3, -0.25) is 18.6 Å². The van der Waals surface area contributed by atoms with Crippen LogP contribution >= 0.6 is 7.82 Å². The van der Waals surface area contributed by atoms with Crippen LogP contribution in [0.5, 0.6) is 0 Å². The summed E-state index contributed by atoms with van der Waals surface area (Å²) in [5, 5.41) is 0. The summed E-state index contributed by atoms with van der Waals surface area (Å²) in [4.78, 5) is 35.1. The summed E-state index contributed by atoms with van der Waals surface area (Å²) in [5.74, 6) is -0.895. The van der Waals surface area contributed by atoms with Crippen molar-refractivity contribution in [2.75, 3.05) is 26.4 Å². The highest BCUT2D eigenvalue weighted by molar-refractivity contribution is 7.47. The number of esters is 2. The largest absolute Gasteiger partial charge is 0.472 e. The van der Waals surface area contributed by atoms with Gasteiger partial charge in [-0.2, -0.15) is 0 Å². The molecule has 3 N–H and O–H groups in total. The number of carbonyl (C=O) groups is 2. The molecule has 432 valence electrons. The number of phosphoric acid groups is 1. The zero-order valence-electron chi connectivity index (χ0n) is 48.1. The number of phosphoric ester groups is 1. The summed E-state index contributed by atoms with van der Waals surface area (Å²) < 4.78 is 32.9. The Hall–Kier alpha value is -4.63. The van der Waals surface area contributed by atoms with Gasteiger partial charge in [-0.1, -0.05) is 235 Å². The van der Waals surface area contributed by atoms with Crippen LogP contribution in [0.3, 0.4) is 0 Å². The van der Waals surface area contributed by atoms with Gasteiger partial charge in [0.2, 0.25) is 0 Å². The smallest absolute Gasteiger partial charge is 0.462 e. The van der Waals surface area contributed by atoms with E-state index in [2.05, 4.69) is 184 Å². The van der Waals surface area contributed by atoms with E-state index >= 15 is 0 Å². The lowest BCUT2D eigenvalue weighted by atomic mass is 10.0. The Morgan fingerprint density at radius 2 is 0.675 bits per heavy atom. The maximum absolute atomic E-state index is 12.7. The Morgan fingerprint density at radius 1 is 0.390 bits per heavy atom. The first kappa shape index (κ1) is 72.4. The molecule has 0 aromatic carbocycles. The van der Waals surface area contributed by atoms with Gasteiger partial charge in [0.15, 0.2) is 6.10 Å². The van der Waals surface area contributed by atoms with E-state index in [1.807, 2.05) is 0 Å². The summed E-state index contributed by atoms with van der Waals surface area (Å²) in [6.45, 7) is 3.43. The third-order valence-electron chi connectivity index (χ3n) is 11.6. The van der Waals surface area contributed by atoms with Crippen molar-refractivity contribution in [3.8, 4) is 0 Å². The summed E-state index contributed by atoms with van der Waals surface area (Å²) in [5.41, 5.74) is 5.37. The van der Waals surface area contributed by atoms with E-state index in [1.54, 1.807) is 0 Å². The Morgan fingerprint density at radius 3 is 1.03 bits per heavy atom. The van der Waals surface area contributed by atoms with Crippen LogP contribution in [0.4, 0.5) is 0 Å². The van der Waals surface area contributed by atoms with Crippen LogP contribution in [0.2, 0.25) is 0 Å². The van der Waals surface area contributed by atoms with Crippen LogP contribution in [0.1, 0.15) is 206 Å². The molecule has 0 aromatic rings. The SMILES string of the molecule is CC/C=C\C/C=C\C/C=C\C/C=C\C/C=C\C/C=C\C/C=C\C/C=C\C/C=C\C/C=C\CCCCCCCCCCCCC(=O)OC(COC(=O)CCCC/C=C\C/C=C\C/C=C\C/C=C\CC)COP(=O)(O)OCCN. The lowest BCUT2D eigenvalue weighted by molar-refractivity contribution is -0.161. The number of carbonyl (C=O) groups excluding carboxylic acids is 2. The molecule has 9 nitrogen and oxygen atoms in total. The third kappa shape index (κ3) is 60.5. The van der Waals surface area contributed by atoms with Crippen molar-refractivity contribution in [1.29, 1.82) is 0 Å². The maximum atomic E-state index is 12.7. The highest BCUT2D eigenvalue weighted by Crippen LogP contribution is 2.43. The first-order chi connectivity index (χ1) is 37.8. The average Bonchev–Trinajstić information content (AvgIpc) is 3.42. The average molecular weight is 1080 g/mol. The van der Waals surface area contributed by atoms with E-state index in [1.165, 1.54) is 38.5 Å². The molecule has 0 radical (unpaired) electrons. The number of nitrogens with two attached hydrogens (primary N) is 1. The molecule has 2 unspecified atom stereocenters. The van der Waals surface area contributed by atoms with E-state index in [0.717, 1.165) is 128 Å². The number of ether oxygens (including phenoxy) is 2. The molecule has 0 aliphatic heterocycles. The van der Waals surface area contributed by atoms with E-state index < -0.39 is 32.5 Å². The van der Waals surface area contributed by atoms with Crippen LogP contribution in [-0.2, 0) is 32.7 Å². The fraction of sp³-hybridized carbons (Fsp3) is 0.552. The van der Waals surface area contributed by atoms with Gasteiger partial charge >= 0.3 is 19.8 Å². The van der Waals surface area contributed by atoms with Crippen LogP contribution in [0.25, 0.3) is 0 Å². The van der Waals surface area contributed by atoms with Gasteiger partial charge in [-0.25, -0.2) is 4.57 Å². The lowest BCUT2D eigenvalue weighted by Crippen LogP contribution is -2.29. The van der Waals surface area contributed by atoms with Crippen molar-refractivity contribution < 1.29 is 37.6 Å². The number of hydrogen-bond donors (Lipinski definition) is 2. The minimum Gasteiger partial charge on any atom is -0.462 e. The molecule has 0 bridgehead atoms. The molecule has 0 rings (SSSR count). The molecule has 0 aliphatic rings. The second-order valence-electron chi connectivity index (χ2n) is 18.7. The first-order valence-corrected chi connectivity index (χ1v) is 31.1. The second kappa shape index (κ2) is 60.6. The topological polar surface area (TPSA) is 134 Å². The van der Waals surface area contributed by atoms with Crippen LogP contribution in [-0.4, -0.2) is 49.3 Å². The van der Waals surface area contributed by atoms with Gasteiger partial charge in [0.05, 0.1) is 13.2 Å². The lowest BCUT2D eigenvalue weighted by Gasteiger charge is -2.19. The zero-order chi connectivity index (χ0) is 55.9. The quantitative estimate of drug-likeness (QED) is 0.0264. The summed E-state index contributed by atoms with van der Waals surface area (Å²) in [7, 11) is -4.41. The minimum atomic E-state index is -4.41. The maximum Gasteiger partial charge on any atom is 0.472 e. The van der Waals surface area contributed by atoms with Crippen molar-refractivity contribution in [2.24, 2.45) is 5.73 Å². The predicted molar refractivity (Wildman–Crippen MR) is 329 cm³/mol. The van der Waals surface area contributed by atoms with Gasteiger partial charge in [0.25, 0.3) is 0 Å². The number of hydrogen-bond acceptors (Lipinski definition) is 8.